The molecule has 0 aliphatic heterocycles. The van der Waals surface area contributed by atoms with Gasteiger partial charge in [0, 0.05) is 41.8 Å². The lowest BCUT2D eigenvalue weighted by atomic mass is 10.1. The number of hydrogen-bond acceptors (Lipinski definition) is 3. The molecule has 0 fully saturated rings. The van der Waals surface area contributed by atoms with E-state index in [1.807, 2.05) is 25.1 Å². The number of aromatic nitrogens is 1. The van der Waals surface area contributed by atoms with Gasteiger partial charge in [-0.25, -0.2) is 0 Å². The first kappa shape index (κ1) is 19.7. The summed E-state index contributed by atoms with van der Waals surface area (Å²) in [5.41, 5.74) is 3.30. The van der Waals surface area contributed by atoms with Crippen LogP contribution < -0.4 is 5.32 Å². The summed E-state index contributed by atoms with van der Waals surface area (Å²) in [4.78, 5) is 14.5. The molecule has 1 N–H and O–H groups in total. The fourth-order valence-corrected chi connectivity index (χ4v) is 2.99. The topological polar surface area (TPSA) is 61.1 Å². The van der Waals surface area contributed by atoms with Gasteiger partial charge in [0.1, 0.15) is 11.6 Å². The van der Waals surface area contributed by atoms with Crippen LogP contribution >= 0.6 is 0 Å². The van der Waals surface area contributed by atoms with Gasteiger partial charge in [0.05, 0.1) is 0 Å². The van der Waals surface area contributed by atoms with Crippen molar-refractivity contribution in [1.29, 1.82) is 5.26 Å². The number of nitrogens with one attached hydrogen (secondary N) is 1. The molecular weight excluding hydrogens is 324 g/mol. The van der Waals surface area contributed by atoms with Crippen LogP contribution in [0.4, 0.5) is 0 Å². The van der Waals surface area contributed by atoms with Crippen LogP contribution in [0, 0.1) is 18.3 Å². The maximum absolute atomic E-state index is 12.3. The number of para-hydroxylation sites is 1. The van der Waals surface area contributed by atoms with E-state index in [1.165, 1.54) is 0 Å². The molecule has 1 heterocycles. The molecule has 0 radical (unpaired) electrons. The lowest BCUT2D eigenvalue weighted by molar-refractivity contribution is -0.117. The van der Waals surface area contributed by atoms with Crippen LogP contribution in [0.2, 0.25) is 0 Å². The number of rotatable bonds is 8. The van der Waals surface area contributed by atoms with Gasteiger partial charge in [-0.3, -0.25) is 4.79 Å². The Bertz CT molecular complexity index is 840. The van der Waals surface area contributed by atoms with Gasteiger partial charge in [-0.05, 0) is 39.6 Å². The third-order valence-electron chi connectivity index (χ3n) is 4.52. The molecule has 0 aliphatic rings. The third kappa shape index (κ3) is 4.53. The number of likely N-dealkylation sites (N-methyl/N-ethyl adjacent to an activating group) is 1. The van der Waals surface area contributed by atoms with Crippen LogP contribution in [-0.2, 0) is 11.3 Å². The first-order valence-corrected chi connectivity index (χ1v) is 9.12. The second-order valence-electron chi connectivity index (χ2n) is 6.75. The maximum Gasteiger partial charge on any atom is 0.261 e. The SMILES string of the molecule is CCCCNC(=O)/C(C#N)=C/c1c(C)n(CCN(C)C)c2ccccc12. The Hall–Kier alpha value is -2.58. The lowest BCUT2D eigenvalue weighted by Crippen LogP contribution is -2.25. The Morgan fingerprint density at radius 3 is 2.73 bits per heavy atom. The average molecular weight is 352 g/mol. The highest BCUT2D eigenvalue weighted by molar-refractivity contribution is 6.04. The lowest BCUT2D eigenvalue weighted by Gasteiger charge is -2.13. The molecule has 138 valence electrons. The molecule has 0 saturated heterocycles. The minimum Gasteiger partial charge on any atom is -0.351 e. The van der Waals surface area contributed by atoms with Crippen LogP contribution in [0.25, 0.3) is 17.0 Å². The molecule has 2 rings (SSSR count). The van der Waals surface area contributed by atoms with E-state index in [2.05, 4.69) is 47.9 Å². The maximum atomic E-state index is 12.3. The summed E-state index contributed by atoms with van der Waals surface area (Å²) in [5, 5.41) is 13.4. The fourth-order valence-electron chi connectivity index (χ4n) is 2.99. The van der Waals surface area contributed by atoms with Crippen molar-refractivity contribution in [2.24, 2.45) is 0 Å². The molecule has 1 aromatic heterocycles. The van der Waals surface area contributed by atoms with Crippen molar-refractivity contribution < 1.29 is 4.79 Å². The quantitative estimate of drug-likeness (QED) is 0.450. The molecule has 1 amide bonds. The van der Waals surface area contributed by atoms with E-state index in [-0.39, 0.29) is 11.5 Å². The number of carbonyl (C=O) groups is 1. The molecule has 0 spiro atoms. The summed E-state index contributed by atoms with van der Waals surface area (Å²) in [6, 6.07) is 10.2. The van der Waals surface area contributed by atoms with Crippen LogP contribution in [0.3, 0.4) is 0 Å². The zero-order chi connectivity index (χ0) is 19.1. The van der Waals surface area contributed by atoms with E-state index in [0.29, 0.717) is 6.54 Å². The highest BCUT2D eigenvalue weighted by Crippen LogP contribution is 2.28. The van der Waals surface area contributed by atoms with Crippen LogP contribution in [0.1, 0.15) is 31.0 Å². The molecule has 5 nitrogen and oxygen atoms in total. The van der Waals surface area contributed by atoms with E-state index in [1.54, 1.807) is 6.08 Å². The number of hydrogen-bond donors (Lipinski definition) is 1. The van der Waals surface area contributed by atoms with E-state index >= 15 is 0 Å². The Morgan fingerprint density at radius 1 is 1.35 bits per heavy atom. The van der Waals surface area contributed by atoms with Crippen molar-refractivity contribution in [1.82, 2.24) is 14.8 Å². The molecule has 0 saturated carbocycles. The Morgan fingerprint density at radius 2 is 2.08 bits per heavy atom. The van der Waals surface area contributed by atoms with E-state index in [4.69, 9.17) is 0 Å². The van der Waals surface area contributed by atoms with Gasteiger partial charge in [-0.15, -0.1) is 0 Å². The predicted octanol–water partition coefficient (Wildman–Crippen LogP) is 3.33. The van der Waals surface area contributed by atoms with Crippen molar-refractivity contribution in [3.05, 3.63) is 41.1 Å². The van der Waals surface area contributed by atoms with Crippen molar-refractivity contribution in [2.45, 2.75) is 33.2 Å². The highest BCUT2D eigenvalue weighted by atomic mass is 16.1. The minimum atomic E-state index is -0.300. The van der Waals surface area contributed by atoms with Crippen molar-refractivity contribution in [3.8, 4) is 6.07 Å². The largest absolute Gasteiger partial charge is 0.351 e. The number of amides is 1. The number of nitriles is 1. The van der Waals surface area contributed by atoms with Gasteiger partial charge >= 0.3 is 0 Å². The zero-order valence-electron chi connectivity index (χ0n) is 16.2. The standard InChI is InChI=1S/C21H28N4O/c1-5-6-11-23-21(26)17(15-22)14-19-16(2)25(13-12-24(3)4)20-10-8-7-9-18(19)20/h7-10,14H,5-6,11-13H2,1-4H3,(H,23,26)/b17-14+. The Balaban J connectivity index is 2.43. The molecule has 0 unspecified atom stereocenters. The van der Waals surface area contributed by atoms with E-state index in [9.17, 15) is 10.1 Å². The Kier molecular flexibility index (Phi) is 6.99. The van der Waals surface area contributed by atoms with Crippen LogP contribution in [0.5, 0.6) is 0 Å². The van der Waals surface area contributed by atoms with Crippen molar-refractivity contribution in [3.63, 3.8) is 0 Å². The summed E-state index contributed by atoms with van der Waals surface area (Å²) in [6.07, 6.45) is 3.64. The fraction of sp³-hybridized carbons (Fsp3) is 0.429. The normalized spacial score (nSPS) is 11.8. The third-order valence-corrected chi connectivity index (χ3v) is 4.52. The van der Waals surface area contributed by atoms with Gasteiger partial charge in [0.25, 0.3) is 5.91 Å². The van der Waals surface area contributed by atoms with Gasteiger partial charge in [0.15, 0.2) is 0 Å². The first-order chi connectivity index (χ1) is 12.5. The summed E-state index contributed by atoms with van der Waals surface area (Å²) < 4.78 is 2.26. The van der Waals surface area contributed by atoms with Crippen LogP contribution in [0.15, 0.2) is 29.8 Å². The molecule has 0 aliphatic carbocycles. The number of carbonyl (C=O) groups excluding carboxylic acids is 1. The average Bonchev–Trinajstić information content (AvgIpc) is 2.89. The number of unbranched alkanes of at least 4 members (excludes halogenated alkanes) is 1. The summed E-state index contributed by atoms with van der Waals surface area (Å²) in [5.74, 6) is -0.300. The second-order valence-corrected chi connectivity index (χ2v) is 6.75. The Labute approximate surface area is 155 Å². The second kappa shape index (κ2) is 9.21. The summed E-state index contributed by atoms with van der Waals surface area (Å²) >= 11 is 0. The van der Waals surface area contributed by atoms with E-state index < -0.39 is 0 Å². The van der Waals surface area contributed by atoms with Crippen molar-refractivity contribution >= 4 is 22.9 Å². The number of benzene rings is 1. The van der Waals surface area contributed by atoms with Gasteiger partial charge in [-0.2, -0.15) is 5.26 Å². The van der Waals surface area contributed by atoms with Gasteiger partial charge in [-0.1, -0.05) is 31.5 Å². The smallest absolute Gasteiger partial charge is 0.261 e. The monoisotopic (exact) mass is 352 g/mol. The molecule has 0 bridgehead atoms. The summed E-state index contributed by atoms with van der Waals surface area (Å²) in [7, 11) is 4.10. The minimum absolute atomic E-state index is 0.153. The number of fused-ring (bicyclic) bond motifs is 1. The van der Waals surface area contributed by atoms with Crippen molar-refractivity contribution in [2.75, 3.05) is 27.2 Å². The zero-order valence-corrected chi connectivity index (χ0v) is 16.2. The predicted molar refractivity (Wildman–Crippen MR) is 107 cm³/mol. The molecule has 1 aromatic carbocycles. The molecule has 26 heavy (non-hydrogen) atoms. The first-order valence-electron chi connectivity index (χ1n) is 9.12. The van der Waals surface area contributed by atoms with Gasteiger partial charge in [0.2, 0.25) is 0 Å². The van der Waals surface area contributed by atoms with Crippen LogP contribution in [-0.4, -0.2) is 42.6 Å². The van der Waals surface area contributed by atoms with Gasteiger partial charge < -0.3 is 14.8 Å². The van der Waals surface area contributed by atoms with E-state index in [0.717, 1.165) is 48.1 Å². The molecule has 0 atom stereocenters. The summed E-state index contributed by atoms with van der Waals surface area (Å²) in [6.45, 7) is 6.49. The molecular formula is C21H28N4O. The highest BCUT2D eigenvalue weighted by Gasteiger charge is 2.15. The number of nitrogens with zero attached hydrogens (tertiary/aromatic N) is 3. The molecule has 2 aromatic rings. The molecule has 5 heteroatoms.